The molecule has 1 fully saturated rings. The third kappa shape index (κ3) is 6.43. The Morgan fingerprint density at radius 1 is 1.00 bits per heavy atom. The van der Waals surface area contributed by atoms with Crippen molar-refractivity contribution in [3.05, 3.63) is 71.5 Å². The molecule has 0 radical (unpaired) electrons. The molecule has 1 saturated heterocycles. The van der Waals surface area contributed by atoms with Crippen LogP contribution in [0.5, 0.6) is 0 Å². The van der Waals surface area contributed by atoms with Gasteiger partial charge in [-0.3, -0.25) is 14.6 Å². The van der Waals surface area contributed by atoms with Crippen molar-refractivity contribution >= 4 is 5.91 Å². The normalized spacial score (nSPS) is 16.6. The zero-order valence-electron chi connectivity index (χ0n) is 16.6. The lowest BCUT2D eigenvalue weighted by Crippen LogP contribution is -2.50. The third-order valence-electron chi connectivity index (χ3n) is 5.30. The summed E-state index contributed by atoms with van der Waals surface area (Å²) in [4.78, 5) is 16.8. The summed E-state index contributed by atoms with van der Waals surface area (Å²) in [6.07, 6.45) is 1.91. The number of carbonyl (C=O) groups is 1. The number of hydrogen-bond donors (Lipinski definition) is 1. The summed E-state index contributed by atoms with van der Waals surface area (Å²) in [5.74, 6) is -0.0584. The fourth-order valence-corrected chi connectivity index (χ4v) is 3.60. The molecule has 1 aliphatic heterocycles. The van der Waals surface area contributed by atoms with Gasteiger partial charge in [-0.2, -0.15) is 0 Å². The van der Waals surface area contributed by atoms with E-state index in [1.54, 1.807) is 6.07 Å². The Balaban J connectivity index is 1.35. The monoisotopic (exact) mass is 383 g/mol. The molecule has 5 heteroatoms. The van der Waals surface area contributed by atoms with E-state index in [0.717, 1.165) is 44.6 Å². The van der Waals surface area contributed by atoms with Crippen LogP contribution in [0.4, 0.5) is 4.39 Å². The largest absolute Gasteiger partial charge is 0.353 e. The van der Waals surface area contributed by atoms with Crippen LogP contribution in [0.25, 0.3) is 0 Å². The number of nitrogens with one attached hydrogen (secondary N) is 1. The van der Waals surface area contributed by atoms with Gasteiger partial charge in [-0.05, 0) is 31.4 Å². The standard InChI is InChI=1S/C23H30FN3O/c1-19(11-12-20-7-3-2-4-8-20)25-23(28)18-27-15-13-26(14-16-27)17-21-9-5-6-10-22(21)24/h2-10,19H,11-18H2,1H3,(H,25,28). The number of piperazine rings is 1. The van der Waals surface area contributed by atoms with Crippen molar-refractivity contribution in [3.8, 4) is 0 Å². The first kappa shape index (κ1) is 20.5. The van der Waals surface area contributed by atoms with E-state index in [2.05, 4.69) is 34.2 Å². The highest BCUT2D eigenvalue weighted by Crippen LogP contribution is 2.12. The first-order valence-corrected chi connectivity index (χ1v) is 10.1. The van der Waals surface area contributed by atoms with Crippen molar-refractivity contribution in [2.75, 3.05) is 32.7 Å². The van der Waals surface area contributed by atoms with E-state index >= 15 is 0 Å². The Bertz CT molecular complexity index is 745. The molecule has 4 nitrogen and oxygen atoms in total. The summed E-state index contributed by atoms with van der Waals surface area (Å²) in [5, 5.41) is 3.11. The van der Waals surface area contributed by atoms with E-state index in [9.17, 15) is 9.18 Å². The van der Waals surface area contributed by atoms with Gasteiger partial charge < -0.3 is 5.32 Å². The molecule has 3 rings (SSSR count). The van der Waals surface area contributed by atoms with Gasteiger partial charge in [-0.1, -0.05) is 48.5 Å². The van der Waals surface area contributed by atoms with E-state index in [4.69, 9.17) is 0 Å². The highest BCUT2D eigenvalue weighted by atomic mass is 19.1. The van der Waals surface area contributed by atoms with Gasteiger partial charge in [0.15, 0.2) is 0 Å². The number of carbonyl (C=O) groups excluding carboxylic acids is 1. The van der Waals surface area contributed by atoms with Crippen molar-refractivity contribution < 1.29 is 9.18 Å². The highest BCUT2D eigenvalue weighted by molar-refractivity contribution is 5.78. The zero-order valence-corrected chi connectivity index (χ0v) is 16.6. The van der Waals surface area contributed by atoms with E-state index < -0.39 is 0 Å². The predicted octanol–water partition coefficient (Wildman–Crippen LogP) is 3.08. The number of amides is 1. The van der Waals surface area contributed by atoms with Gasteiger partial charge in [0.2, 0.25) is 5.91 Å². The molecule has 0 bridgehead atoms. The average molecular weight is 384 g/mol. The smallest absolute Gasteiger partial charge is 0.234 e. The summed E-state index contributed by atoms with van der Waals surface area (Å²) in [7, 11) is 0. The number of rotatable bonds is 8. The molecule has 1 amide bonds. The number of benzene rings is 2. The Kier molecular flexibility index (Phi) is 7.57. The molecule has 1 aliphatic rings. The zero-order chi connectivity index (χ0) is 19.8. The molecule has 1 N–H and O–H groups in total. The minimum absolute atomic E-state index is 0.0862. The van der Waals surface area contributed by atoms with Crippen LogP contribution in [0.3, 0.4) is 0 Å². The Labute approximate surface area is 167 Å². The fourth-order valence-electron chi connectivity index (χ4n) is 3.60. The van der Waals surface area contributed by atoms with Crippen LogP contribution in [0.15, 0.2) is 54.6 Å². The SMILES string of the molecule is CC(CCc1ccccc1)NC(=O)CN1CCN(Cc2ccccc2F)CC1. The Hall–Kier alpha value is -2.24. The summed E-state index contributed by atoms with van der Waals surface area (Å²) >= 11 is 0. The Morgan fingerprint density at radius 3 is 2.36 bits per heavy atom. The van der Waals surface area contributed by atoms with Crippen LogP contribution in [0, 0.1) is 5.82 Å². The maximum Gasteiger partial charge on any atom is 0.234 e. The van der Waals surface area contributed by atoms with Crippen molar-refractivity contribution in [1.82, 2.24) is 15.1 Å². The minimum atomic E-state index is -0.145. The maximum absolute atomic E-state index is 13.8. The lowest BCUT2D eigenvalue weighted by atomic mass is 10.1. The summed E-state index contributed by atoms with van der Waals surface area (Å²) in [6.45, 7) is 6.50. The number of halogens is 1. The second kappa shape index (κ2) is 10.3. The molecular formula is C23H30FN3O. The van der Waals surface area contributed by atoms with Crippen molar-refractivity contribution in [1.29, 1.82) is 0 Å². The van der Waals surface area contributed by atoms with Gasteiger partial charge in [-0.25, -0.2) is 4.39 Å². The second-order valence-electron chi connectivity index (χ2n) is 7.64. The number of aryl methyl sites for hydroxylation is 1. The highest BCUT2D eigenvalue weighted by Gasteiger charge is 2.20. The van der Waals surface area contributed by atoms with Crippen molar-refractivity contribution in [2.24, 2.45) is 0 Å². The lowest BCUT2D eigenvalue weighted by molar-refractivity contribution is -0.123. The molecule has 1 unspecified atom stereocenters. The molecule has 150 valence electrons. The van der Waals surface area contributed by atoms with Crippen LogP contribution < -0.4 is 5.32 Å². The van der Waals surface area contributed by atoms with Gasteiger partial charge in [0.1, 0.15) is 5.82 Å². The molecule has 1 heterocycles. The number of hydrogen-bond acceptors (Lipinski definition) is 3. The van der Waals surface area contributed by atoms with Gasteiger partial charge in [0.05, 0.1) is 6.54 Å². The van der Waals surface area contributed by atoms with Crippen LogP contribution in [0.2, 0.25) is 0 Å². The minimum Gasteiger partial charge on any atom is -0.353 e. The maximum atomic E-state index is 13.8. The van der Waals surface area contributed by atoms with Crippen molar-refractivity contribution in [3.63, 3.8) is 0 Å². The van der Waals surface area contributed by atoms with Crippen LogP contribution in [-0.2, 0) is 17.8 Å². The molecule has 0 aromatic heterocycles. The predicted molar refractivity (Wildman–Crippen MR) is 110 cm³/mol. The average Bonchev–Trinajstić information content (AvgIpc) is 2.70. The van der Waals surface area contributed by atoms with Crippen LogP contribution in [0.1, 0.15) is 24.5 Å². The second-order valence-corrected chi connectivity index (χ2v) is 7.64. The summed E-state index contributed by atoms with van der Waals surface area (Å²) < 4.78 is 13.8. The molecule has 2 aromatic carbocycles. The van der Waals surface area contributed by atoms with Crippen LogP contribution >= 0.6 is 0 Å². The lowest BCUT2D eigenvalue weighted by Gasteiger charge is -2.34. The first-order chi connectivity index (χ1) is 13.6. The molecule has 1 atom stereocenters. The molecule has 28 heavy (non-hydrogen) atoms. The molecular weight excluding hydrogens is 353 g/mol. The fraction of sp³-hybridized carbons (Fsp3) is 0.435. The first-order valence-electron chi connectivity index (χ1n) is 10.1. The van der Waals surface area contributed by atoms with E-state index in [1.807, 2.05) is 30.3 Å². The van der Waals surface area contributed by atoms with Crippen molar-refractivity contribution in [2.45, 2.75) is 32.4 Å². The quantitative estimate of drug-likeness (QED) is 0.761. The van der Waals surface area contributed by atoms with Gasteiger partial charge >= 0.3 is 0 Å². The van der Waals surface area contributed by atoms with Gasteiger partial charge in [0.25, 0.3) is 0 Å². The summed E-state index contributed by atoms with van der Waals surface area (Å²) in [5.41, 5.74) is 2.04. The van der Waals surface area contributed by atoms with Gasteiger partial charge in [0, 0.05) is 44.3 Å². The van der Waals surface area contributed by atoms with E-state index in [0.29, 0.717) is 13.1 Å². The third-order valence-corrected chi connectivity index (χ3v) is 5.30. The molecule has 2 aromatic rings. The number of nitrogens with zero attached hydrogens (tertiary/aromatic N) is 2. The topological polar surface area (TPSA) is 35.6 Å². The Morgan fingerprint density at radius 2 is 1.64 bits per heavy atom. The van der Waals surface area contributed by atoms with Crippen LogP contribution in [-0.4, -0.2) is 54.5 Å². The molecule has 0 spiro atoms. The van der Waals surface area contributed by atoms with E-state index in [-0.39, 0.29) is 17.8 Å². The van der Waals surface area contributed by atoms with Gasteiger partial charge in [-0.15, -0.1) is 0 Å². The summed E-state index contributed by atoms with van der Waals surface area (Å²) in [6, 6.07) is 17.5. The molecule has 0 saturated carbocycles. The molecule has 0 aliphatic carbocycles. The van der Waals surface area contributed by atoms with E-state index in [1.165, 1.54) is 11.6 Å².